The highest BCUT2D eigenvalue weighted by atomic mass is 35.5. The zero-order valence-corrected chi connectivity index (χ0v) is 15.8. The molecular formula is C17H19Cl2NO5. The third-order valence-corrected chi connectivity index (χ3v) is 3.41. The molecule has 0 aliphatic heterocycles. The van der Waals surface area contributed by atoms with Gasteiger partial charge in [-0.05, 0) is 39.8 Å². The average molecular weight is 388 g/mol. The molecule has 0 spiro atoms. The van der Waals surface area contributed by atoms with E-state index in [9.17, 15) is 14.7 Å². The van der Waals surface area contributed by atoms with Crippen molar-refractivity contribution in [1.82, 2.24) is 0 Å². The summed E-state index contributed by atoms with van der Waals surface area (Å²) in [7, 11) is 0. The Labute approximate surface area is 156 Å². The maximum Gasteiger partial charge on any atom is 0.343 e. The van der Waals surface area contributed by atoms with Gasteiger partial charge in [0.25, 0.3) is 0 Å². The molecule has 0 aromatic heterocycles. The lowest BCUT2D eigenvalue weighted by Crippen LogP contribution is -2.15. The Morgan fingerprint density at radius 1 is 1.32 bits per heavy atom. The largest absolute Gasteiger partial charge is 0.512 e. The molecule has 8 heteroatoms. The Kier molecular flexibility index (Phi) is 7.93. The fourth-order valence-electron chi connectivity index (χ4n) is 1.73. The van der Waals surface area contributed by atoms with Crippen LogP contribution in [0, 0.1) is 0 Å². The molecule has 0 aliphatic carbocycles. The minimum atomic E-state index is -0.734. The summed E-state index contributed by atoms with van der Waals surface area (Å²) in [6.45, 7) is 6.53. The SMILES string of the molecule is CCOC(=O)c1cc(Cl)cc(N=CC(C(=O)OC(C)C)=C(C)O)c1Cl. The molecule has 0 saturated carbocycles. The summed E-state index contributed by atoms with van der Waals surface area (Å²) in [5.74, 6) is -1.64. The minimum absolute atomic E-state index is 0.0197. The molecule has 0 radical (unpaired) electrons. The highest BCUT2D eigenvalue weighted by Crippen LogP contribution is 2.33. The van der Waals surface area contributed by atoms with Gasteiger partial charge in [-0.2, -0.15) is 0 Å². The molecular weight excluding hydrogens is 369 g/mol. The zero-order chi connectivity index (χ0) is 19.1. The van der Waals surface area contributed by atoms with Crippen LogP contribution in [0.25, 0.3) is 0 Å². The lowest BCUT2D eigenvalue weighted by molar-refractivity contribution is -0.142. The van der Waals surface area contributed by atoms with Crippen molar-refractivity contribution in [1.29, 1.82) is 0 Å². The van der Waals surface area contributed by atoms with Gasteiger partial charge in [0, 0.05) is 11.2 Å². The number of nitrogens with zero attached hydrogens (tertiary/aromatic N) is 1. The van der Waals surface area contributed by atoms with Gasteiger partial charge < -0.3 is 14.6 Å². The summed E-state index contributed by atoms with van der Waals surface area (Å²) in [5.41, 5.74) is 0.0647. The second kappa shape index (κ2) is 9.44. The number of benzene rings is 1. The topological polar surface area (TPSA) is 85.2 Å². The van der Waals surface area contributed by atoms with Crippen LogP contribution >= 0.6 is 23.2 Å². The van der Waals surface area contributed by atoms with E-state index in [-0.39, 0.29) is 45.3 Å². The van der Waals surface area contributed by atoms with Gasteiger partial charge in [-0.1, -0.05) is 23.2 Å². The molecule has 0 saturated heterocycles. The van der Waals surface area contributed by atoms with Crippen molar-refractivity contribution in [2.45, 2.75) is 33.8 Å². The number of carbonyl (C=O) groups excluding carboxylic acids is 2. The number of rotatable bonds is 6. The first-order valence-electron chi connectivity index (χ1n) is 7.48. The van der Waals surface area contributed by atoms with E-state index in [1.807, 2.05) is 0 Å². The van der Waals surface area contributed by atoms with Crippen molar-refractivity contribution in [3.05, 3.63) is 39.1 Å². The highest BCUT2D eigenvalue weighted by molar-refractivity contribution is 6.38. The summed E-state index contributed by atoms with van der Waals surface area (Å²) in [5, 5.41) is 9.90. The molecule has 0 fully saturated rings. The molecule has 1 N–H and O–H groups in total. The molecule has 0 atom stereocenters. The first kappa shape index (κ1) is 21.0. The fraction of sp³-hybridized carbons (Fsp3) is 0.353. The van der Waals surface area contributed by atoms with Crippen molar-refractivity contribution < 1.29 is 24.2 Å². The van der Waals surface area contributed by atoms with E-state index in [0.717, 1.165) is 6.21 Å². The second-order valence-electron chi connectivity index (χ2n) is 5.22. The van der Waals surface area contributed by atoms with Crippen molar-refractivity contribution in [3.8, 4) is 0 Å². The molecule has 0 unspecified atom stereocenters. The molecule has 0 heterocycles. The molecule has 6 nitrogen and oxygen atoms in total. The van der Waals surface area contributed by atoms with Crippen LogP contribution < -0.4 is 0 Å². The monoisotopic (exact) mass is 387 g/mol. The van der Waals surface area contributed by atoms with Gasteiger partial charge >= 0.3 is 11.9 Å². The number of aliphatic imine (C=N–C) groups is 1. The fourth-order valence-corrected chi connectivity index (χ4v) is 2.18. The number of carbonyl (C=O) groups is 2. The number of aliphatic hydroxyl groups excluding tert-OH is 1. The summed E-state index contributed by atoms with van der Waals surface area (Å²) in [6.07, 6.45) is 0.743. The standard InChI is InChI=1S/C17H19Cl2NO5/c1-5-24-16(22)12-6-11(18)7-14(15(12)19)20-8-13(10(4)21)17(23)25-9(2)3/h6-9,21H,5H2,1-4H3. The lowest BCUT2D eigenvalue weighted by atomic mass is 10.2. The van der Waals surface area contributed by atoms with Crippen molar-refractivity contribution >= 4 is 47.0 Å². The summed E-state index contributed by atoms with van der Waals surface area (Å²) in [4.78, 5) is 27.9. The van der Waals surface area contributed by atoms with Gasteiger partial charge in [0.15, 0.2) is 0 Å². The highest BCUT2D eigenvalue weighted by Gasteiger charge is 2.18. The maximum absolute atomic E-state index is 12.0. The number of allylic oxidation sites excluding steroid dienone is 1. The van der Waals surface area contributed by atoms with Crippen LogP contribution in [-0.4, -0.2) is 36.0 Å². The van der Waals surface area contributed by atoms with E-state index >= 15 is 0 Å². The molecule has 1 rings (SSSR count). The van der Waals surface area contributed by atoms with Crippen LogP contribution in [0.15, 0.2) is 28.5 Å². The van der Waals surface area contributed by atoms with Gasteiger partial charge in [0.1, 0.15) is 11.3 Å². The van der Waals surface area contributed by atoms with Gasteiger partial charge in [0.05, 0.1) is 29.0 Å². The lowest BCUT2D eigenvalue weighted by Gasteiger charge is -2.09. The zero-order valence-electron chi connectivity index (χ0n) is 14.3. The third kappa shape index (κ3) is 6.07. The van der Waals surface area contributed by atoms with Gasteiger partial charge in [0.2, 0.25) is 0 Å². The van der Waals surface area contributed by atoms with Crippen LogP contribution in [0.3, 0.4) is 0 Å². The van der Waals surface area contributed by atoms with Gasteiger partial charge in [-0.3, -0.25) is 4.99 Å². The Morgan fingerprint density at radius 3 is 2.48 bits per heavy atom. The average Bonchev–Trinajstić information content (AvgIpc) is 2.49. The van der Waals surface area contributed by atoms with E-state index in [1.54, 1.807) is 20.8 Å². The Balaban J connectivity index is 3.24. The molecule has 0 bridgehead atoms. The maximum atomic E-state index is 12.0. The summed E-state index contributed by atoms with van der Waals surface area (Å²) < 4.78 is 9.94. The predicted molar refractivity (Wildman–Crippen MR) is 97.1 cm³/mol. The normalized spacial score (nSPS) is 12.3. The molecule has 1 aromatic carbocycles. The van der Waals surface area contributed by atoms with Crippen LogP contribution in [0.5, 0.6) is 0 Å². The first-order chi connectivity index (χ1) is 11.7. The molecule has 1 aromatic rings. The molecule has 0 aliphatic rings. The van der Waals surface area contributed by atoms with E-state index in [4.69, 9.17) is 32.7 Å². The van der Waals surface area contributed by atoms with Crippen LogP contribution in [0.4, 0.5) is 5.69 Å². The Morgan fingerprint density at radius 2 is 1.96 bits per heavy atom. The summed E-state index contributed by atoms with van der Waals surface area (Å²) >= 11 is 12.2. The first-order valence-corrected chi connectivity index (χ1v) is 8.24. The predicted octanol–water partition coefficient (Wildman–Crippen LogP) is 4.66. The van der Waals surface area contributed by atoms with Crippen LogP contribution in [-0.2, 0) is 14.3 Å². The Bertz CT molecular complexity index is 722. The summed E-state index contributed by atoms with van der Waals surface area (Å²) in [6, 6.07) is 2.78. The molecule has 25 heavy (non-hydrogen) atoms. The molecule has 0 amide bonds. The van der Waals surface area contributed by atoms with Crippen molar-refractivity contribution in [3.63, 3.8) is 0 Å². The number of aliphatic hydroxyl groups is 1. The number of hydrogen-bond donors (Lipinski definition) is 1. The molecule has 136 valence electrons. The number of ether oxygens (including phenoxy) is 2. The number of halogens is 2. The van der Waals surface area contributed by atoms with Gasteiger partial charge in [-0.15, -0.1) is 0 Å². The third-order valence-electron chi connectivity index (χ3n) is 2.80. The number of hydrogen-bond acceptors (Lipinski definition) is 6. The van der Waals surface area contributed by atoms with E-state index in [1.165, 1.54) is 19.1 Å². The Hall–Kier alpha value is -2.05. The van der Waals surface area contributed by atoms with Gasteiger partial charge in [-0.25, -0.2) is 9.59 Å². The van der Waals surface area contributed by atoms with E-state index in [2.05, 4.69) is 4.99 Å². The quantitative estimate of drug-likeness (QED) is 0.332. The number of esters is 2. The van der Waals surface area contributed by atoms with Crippen LogP contribution in [0.2, 0.25) is 10.0 Å². The smallest absolute Gasteiger partial charge is 0.343 e. The van der Waals surface area contributed by atoms with Crippen LogP contribution in [0.1, 0.15) is 38.1 Å². The van der Waals surface area contributed by atoms with E-state index in [0.29, 0.717) is 0 Å². The van der Waals surface area contributed by atoms with E-state index < -0.39 is 11.9 Å². The van der Waals surface area contributed by atoms with Crippen molar-refractivity contribution in [2.24, 2.45) is 4.99 Å². The van der Waals surface area contributed by atoms with Crippen molar-refractivity contribution in [2.75, 3.05) is 6.61 Å². The minimum Gasteiger partial charge on any atom is -0.512 e. The second-order valence-corrected chi connectivity index (χ2v) is 6.03.